The Morgan fingerprint density at radius 2 is 1.95 bits per heavy atom. The standard InChI is InChI=1S/C12H13N3O4/c1-17-10-5-4-8(7-11(10)18-2)6-9(14-15-13)12(16)19-3/h4-7H,1-3H3/b9-6-. The maximum Gasteiger partial charge on any atom is 0.340 e. The highest BCUT2D eigenvalue weighted by Crippen LogP contribution is 2.28. The fraction of sp³-hybridized carbons (Fsp3) is 0.250. The molecule has 0 aliphatic carbocycles. The zero-order valence-corrected chi connectivity index (χ0v) is 10.8. The zero-order valence-electron chi connectivity index (χ0n) is 10.8. The third kappa shape index (κ3) is 3.65. The number of hydrogen-bond donors (Lipinski definition) is 0. The molecule has 0 aliphatic heterocycles. The van der Waals surface area contributed by atoms with Crippen molar-refractivity contribution in [3.63, 3.8) is 0 Å². The van der Waals surface area contributed by atoms with Gasteiger partial charge in [0.1, 0.15) is 5.70 Å². The Morgan fingerprint density at radius 1 is 1.26 bits per heavy atom. The second-order valence-electron chi connectivity index (χ2n) is 3.33. The fourth-order valence-corrected chi connectivity index (χ4v) is 1.38. The molecule has 0 aliphatic rings. The molecule has 0 radical (unpaired) electrons. The molecule has 100 valence electrons. The number of hydrogen-bond acceptors (Lipinski definition) is 5. The Balaban J connectivity index is 3.21. The summed E-state index contributed by atoms with van der Waals surface area (Å²) in [6.07, 6.45) is 1.40. The Bertz CT molecular complexity index is 548. The van der Waals surface area contributed by atoms with E-state index in [9.17, 15) is 4.79 Å². The summed E-state index contributed by atoms with van der Waals surface area (Å²) in [5.74, 6) is 0.344. The van der Waals surface area contributed by atoms with Gasteiger partial charge in [-0.1, -0.05) is 11.2 Å². The van der Waals surface area contributed by atoms with E-state index in [-0.39, 0.29) is 5.70 Å². The second-order valence-corrected chi connectivity index (χ2v) is 3.33. The van der Waals surface area contributed by atoms with E-state index in [1.165, 1.54) is 27.4 Å². The van der Waals surface area contributed by atoms with E-state index in [1.54, 1.807) is 18.2 Å². The topological polar surface area (TPSA) is 93.5 Å². The van der Waals surface area contributed by atoms with Gasteiger partial charge in [0.25, 0.3) is 0 Å². The molecular weight excluding hydrogens is 250 g/mol. The first-order valence-electron chi connectivity index (χ1n) is 5.23. The summed E-state index contributed by atoms with van der Waals surface area (Å²) in [6.45, 7) is 0. The minimum Gasteiger partial charge on any atom is -0.493 e. The maximum absolute atomic E-state index is 11.4. The number of benzene rings is 1. The number of ether oxygens (including phenoxy) is 3. The smallest absolute Gasteiger partial charge is 0.340 e. The van der Waals surface area contributed by atoms with Gasteiger partial charge in [0.2, 0.25) is 0 Å². The van der Waals surface area contributed by atoms with Crippen LogP contribution in [0.3, 0.4) is 0 Å². The molecule has 0 fully saturated rings. The van der Waals surface area contributed by atoms with E-state index < -0.39 is 5.97 Å². The molecule has 0 heterocycles. The molecule has 0 unspecified atom stereocenters. The Kier molecular flexibility index (Phi) is 5.25. The van der Waals surface area contributed by atoms with Crippen molar-refractivity contribution < 1.29 is 19.0 Å². The lowest BCUT2D eigenvalue weighted by Gasteiger charge is -2.08. The average Bonchev–Trinajstić information content (AvgIpc) is 2.45. The van der Waals surface area contributed by atoms with E-state index in [4.69, 9.17) is 15.0 Å². The number of methoxy groups -OCH3 is 3. The molecule has 7 heteroatoms. The summed E-state index contributed by atoms with van der Waals surface area (Å²) in [6, 6.07) is 5.02. The predicted octanol–water partition coefficient (Wildman–Crippen LogP) is 2.53. The molecule has 1 rings (SSSR count). The Hall–Kier alpha value is -2.66. The van der Waals surface area contributed by atoms with Crippen LogP contribution in [-0.2, 0) is 9.53 Å². The van der Waals surface area contributed by atoms with Gasteiger partial charge >= 0.3 is 5.97 Å². The van der Waals surface area contributed by atoms with Crippen molar-refractivity contribution in [3.05, 3.63) is 39.9 Å². The SMILES string of the molecule is COC(=O)/C(=C/c1ccc(OC)c(OC)c1)N=[N+]=[N-]. The van der Waals surface area contributed by atoms with Gasteiger partial charge in [-0.3, -0.25) is 0 Å². The van der Waals surface area contributed by atoms with Crippen molar-refractivity contribution in [1.82, 2.24) is 0 Å². The molecule has 1 aromatic carbocycles. The first-order valence-corrected chi connectivity index (χ1v) is 5.23. The molecule has 0 N–H and O–H groups in total. The minimum absolute atomic E-state index is 0.141. The van der Waals surface area contributed by atoms with Crippen LogP contribution in [0.15, 0.2) is 29.0 Å². The van der Waals surface area contributed by atoms with E-state index >= 15 is 0 Å². The second kappa shape index (κ2) is 6.93. The summed E-state index contributed by atoms with van der Waals surface area (Å²) in [5, 5.41) is 3.28. The molecular formula is C12H13N3O4. The van der Waals surface area contributed by atoms with Crippen molar-refractivity contribution >= 4 is 12.0 Å². The van der Waals surface area contributed by atoms with E-state index in [1.807, 2.05) is 0 Å². The monoisotopic (exact) mass is 263 g/mol. The normalized spacial score (nSPS) is 10.4. The van der Waals surface area contributed by atoms with Crippen LogP contribution in [0.5, 0.6) is 11.5 Å². The van der Waals surface area contributed by atoms with E-state index in [0.29, 0.717) is 17.1 Å². The van der Waals surface area contributed by atoms with Crippen molar-refractivity contribution in [2.45, 2.75) is 0 Å². The zero-order chi connectivity index (χ0) is 14.3. The number of azide groups is 1. The van der Waals surface area contributed by atoms with Crippen molar-refractivity contribution in [1.29, 1.82) is 0 Å². The maximum atomic E-state index is 11.4. The molecule has 7 nitrogen and oxygen atoms in total. The molecule has 0 atom stereocenters. The van der Waals surface area contributed by atoms with Gasteiger partial charge in [-0.2, -0.15) is 0 Å². The molecule has 1 aromatic rings. The lowest BCUT2D eigenvalue weighted by Crippen LogP contribution is -2.02. The van der Waals surface area contributed by atoms with Crippen LogP contribution in [0.25, 0.3) is 16.5 Å². The largest absolute Gasteiger partial charge is 0.493 e. The lowest BCUT2D eigenvalue weighted by atomic mass is 10.1. The third-order valence-corrected chi connectivity index (χ3v) is 2.26. The van der Waals surface area contributed by atoms with Crippen LogP contribution in [0.1, 0.15) is 5.56 Å². The Labute approximate surface area is 110 Å². The Morgan fingerprint density at radius 3 is 2.47 bits per heavy atom. The van der Waals surface area contributed by atoms with Gasteiger partial charge in [-0.15, -0.1) is 0 Å². The van der Waals surface area contributed by atoms with Crippen LogP contribution >= 0.6 is 0 Å². The van der Waals surface area contributed by atoms with Crippen molar-refractivity contribution in [2.24, 2.45) is 5.11 Å². The lowest BCUT2D eigenvalue weighted by molar-refractivity contribution is -0.136. The van der Waals surface area contributed by atoms with Gasteiger partial charge in [-0.25, -0.2) is 4.79 Å². The highest BCUT2D eigenvalue weighted by molar-refractivity contribution is 5.93. The average molecular weight is 263 g/mol. The summed E-state index contributed by atoms with van der Waals surface area (Å²) >= 11 is 0. The van der Waals surface area contributed by atoms with Gasteiger partial charge in [0, 0.05) is 4.91 Å². The van der Waals surface area contributed by atoms with Gasteiger partial charge in [0.15, 0.2) is 11.5 Å². The molecule has 0 spiro atoms. The summed E-state index contributed by atoms with van der Waals surface area (Å²) < 4.78 is 14.7. The summed E-state index contributed by atoms with van der Waals surface area (Å²) in [5.41, 5.74) is 8.88. The third-order valence-electron chi connectivity index (χ3n) is 2.26. The summed E-state index contributed by atoms with van der Waals surface area (Å²) in [4.78, 5) is 14.0. The number of carbonyl (C=O) groups is 1. The van der Waals surface area contributed by atoms with Crippen molar-refractivity contribution in [2.75, 3.05) is 21.3 Å². The predicted molar refractivity (Wildman–Crippen MR) is 68.7 cm³/mol. The molecule has 0 bridgehead atoms. The number of esters is 1. The minimum atomic E-state index is -0.715. The van der Waals surface area contributed by atoms with Crippen LogP contribution in [0.2, 0.25) is 0 Å². The van der Waals surface area contributed by atoms with Crippen LogP contribution in [-0.4, -0.2) is 27.3 Å². The highest BCUT2D eigenvalue weighted by Gasteiger charge is 2.09. The number of rotatable bonds is 5. The number of carbonyl (C=O) groups excluding carboxylic acids is 1. The first kappa shape index (κ1) is 14.4. The van der Waals surface area contributed by atoms with Crippen LogP contribution < -0.4 is 9.47 Å². The molecule has 0 saturated carbocycles. The molecule has 19 heavy (non-hydrogen) atoms. The van der Waals surface area contributed by atoms with E-state index in [0.717, 1.165) is 0 Å². The van der Waals surface area contributed by atoms with Gasteiger partial charge in [-0.05, 0) is 29.3 Å². The van der Waals surface area contributed by atoms with Crippen LogP contribution in [0.4, 0.5) is 0 Å². The highest BCUT2D eigenvalue weighted by atomic mass is 16.5. The quantitative estimate of drug-likeness (QED) is 0.268. The first-order chi connectivity index (χ1) is 9.15. The summed E-state index contributed by atoms with van der Waals surface area (Å²) in [7, 11) is 4.23. The number of nitrogens with zero attached hydrogens (tertiary/aromatic N) is 3. The molecule has 0 amide bonds. The van der Waals surface area contributed by atoms with Gasteiger partial charge < -0.3 is 14.2 Å². The molecule has 0 aromatic heterocycles. The van der Waals surface area contributed by atoms with E-state index in [2.05, 4.69) is 14.8 Å². The molecule has 0 saturated heterocycles. The fourth-order valence-electron chi connectivity index (χ4n) is 1.38. The van der Waals surface area contributed by atoms with Crippen molar-refractivity contribution in [3.8, 4) is 11.5 Å². The van der Waals surface area contributed by atoms with Gasteiger partial charge in [0.05, 0.1) is 21.3 Å². The van der Waals surface area contributed by atoms with Crippen LogP contribution in [0, 0.1) is 0 Å².